The number of hydrogen-bond donors (Lipinski definition) is 1. The number of unbranched alkanes of at least 4 members (excludes halogenated alkanes) is 13. The van der Waals surface area contributed by atoms with Crippen molar-refractivity contribution in [1.29, 1.82) is 0 Å². The van der Waals surface area contributed by atoms with E-state index in [1.54, 1.807) is 0 Å². The van der Waals surface area contributed by atoms with Gasteiger partial charge < -0.3 is 10.1 Å². The zero-order valence-corrected chi connectivity index (χ0v) is 16.7. The molecule has 1 amide bonds. The summed E-state index contributed by atoms with van der Waals surface area (Å²) < 4.78 is 4.51. The van der Waals surface area contributed by atoms with E-state index in [0.29, 0.717) is 0 Å². The van der Waals surface area contributed by atoms with E-state index in [4.69, 9.17) is 0 Å². The van der Waals surface area contributed by atoms with Crippen LogP contribution in [0.2, 0.25) is 0 Å². The SMILES string of the molecule is CCCCCCCCCCCCCCCCNC(=O)CCC(=O)OC. The lowest BCUT2D eigenvalue weighted by atomic mass is 10.0. The molecule has 0 rings (SSSR count). The second-order valence-electron chi connectivity index (χ2n) is 7.02. The van der Waals surface area contributed by atoms with Gasteiger partial charge in [0.05, 0.1) is 13.5 Å². The maximum absolute atomic E-state index is 11.5. The Morgan fingerprint density at radius 1 is 0.680 bits per heavy atom. The maximum Gasteiger partial charge on any atom is 0.306 e. The normalized spacial score (nSPS) is 10.6. The van der Waals surface area contributed by atoms with E-state index in [0.717, 1.165) is 13.0 Å². The Labute approximate surface area is 155 Å². The van der Waals surface area contributed by atoms with Gasteiger partial charge in [0.1, 0.15) is 0 Å². The predicted octanol–water partition coefficient (Wildman–Crippen LogP) is 5.54. The highest BCUT2D eigenvalue weighted by atomic mass is 16.5. The van der Waals surface area contributed by atoms with Crippen LogP contribution in [0.3, 0.4) is 0 Å². The van der Waals surface area contributed by atoms with Gasteiger partial charge in [-0.2, -0.15) is 0 Å². The fourth-order valence-corrected chi connectivity index (χ4v) is 2.95. The summed E-state index contributed by atoms with van der Waals surface area (Å²) in [4.78, 5) is 22.4. The molecule has 0 unspecified atom stereocenters. The van der Waals surface area contributed by atoms with E-state index < -0.39 is 0 Å². The van der Waals surface area contributed by atoms with E-state index in [1.165, 1.54) is 90.6 Å². The lowest BCUT2D eigenvalue weighted by molar-refractivity contribution is -0.142. The van der Waals surface area contributed by atoms with E-state index in [-0.39, 0.29) is 24.7 Å². The van der Waals surface area contributed by atoms with Crippen LogP contribution in [0.4, 0.5) is 0 Å². The highest BCUT2D eigenvalue weighted by Crippen LogP contribution is 2.12. The summed E-state index contributed by atoms with van der Waals surface area (Å²) in [7, 11) is 1.34. The Balaban J connectivity index is 3.14. The minimum atomic E-state index is -0.327. The quantitative estimate of drug-likeness (QED) is 0.259. The number of carbonyl (C=O) groups excluding carboxylic acids is 2. The molecule has 0 atom stereocenters. The smallest absolute Gasteiger partial charge is 0.306 e. The number of carbonyl (C=O) groups is 2. The molecule has 4 heteroatoms. The molecule has 0 aromatic rings. The predicted molar refractivity (Wildman–Crippen MR) is 105 cm³/mol. The number of nitrogens with one attached hydrogen (secondary N) is 1. The first-order valence-corrected chi connectivity index (χ1v) is 10.5. The van der Waals surface area contributed by atoms with Gasteiger partial charge in [0.2, 0.25) is 5.91 Å². The van der Waals surface area contributed by atoms with Crippen LogP contribution >= 0.6 is 0 Å². The topological polar surface area (TPSA) is 55.4 Å². The van der Waals surface area contributed by atoms with Crippen molar-refractivity contribution in [2.24, 2.45) is 0 Å². The van der Waals surface area contributed by atoms with Crippen LogP contribution in [0.5, 0.6) is 0 Å². The van der Waals surface area contributed by atoms with E-state index >= 15 is 0 Å². The molecule has 148 valence electrons. The summed E-state index contributed by atoms with van der Waals surface area (Å²) in [6.45, 7) is 2.99. The first kappa shape index (κ1) is 23.9. The monoisotopic (exact) mass is 355 g/mol. The molecule has 25 heavy (non-hydrogen) atoms. The van der Waals surface area contributed by atoms with Crippen LogP contribution in [-0.4, -0.2) is 25.5 Å². The highest BCUT2D eigenvalue weighted by molar-refractivity contribution is 5.81. The second kappa shape index (κ2) is 19.3. The van der Waals surface area contributed by atoms with E-state index in [2.05, 4.69) is 17.0 Å². The molecule has 0 aromatic heterocycles. The van der Waals surface area contributed by atoms with Gasteiger partial charge in [-0.3, -0.25) is 9.59 Å². The Morgan fingerprint density at radius 3 is 1.56 bits per heavy atom. The largest absolute Gasteiger partial charge is 0.469 e. The Morgan fingerprint density at radius 2 is 1.12 bits per heavy atom. The van der Waals surface area contributed by atoms with Crippen molar-refractivity contribution < 1.29 is 14.3 Å². The Bertz CT molecular complexity index is 318. The van der Waals surface area contributed by atoms with Crippen molar-refractivity contribution in [2.75, 3.05) is 13.7 Å². The van der Waals surface area contributed by atoms with Gasteiger partial charge in [-0.05, 0) is 6.42 Å². The van der Waals surface area contributed by atoms with Crippen molar-refractivity contribution in [3.05, 3.63) is 0 Å². The maximum atomic E-state index is 11.5. The average Bonchev–Trinajstić information content (AvgIpc) is 2.62. The molecule has 0 spiro atoms. The first-order valence-electron chi connectivity index (χ1n) is 10.5. The molecule has 0 aliphatic carbocycles. The van der Waals surface area contributed by atoms with Crippen LogP contribution in [0.25, 0.3) is 0 Å². The molecule has 0 saturated heterocycles. The summed E-state index contributed by atoms with van der Waals surface area (Å²) in [6, 6.07) is 0. The highest BCUT2D eigenvalue weighted by Gasteiger charge is 2.05. The van der Waals surface area contributed by atoms with Gasteiger partial charge in [0.15, 0.2) is 0 Å². The van der Waals surface area contributed by atoms with E-state index in [1.807, 2.05) is 0 Å². The molecular formula is C21H41NO3. The van der Waals surface area contributed by atoms with Crippen molar-refractivity contribution in [1.82, 2.24) is 5.32 Å². The van der Waals surface area contributed by atoms with Gasteiger partial charge in [-0.1, -0.05) is 90.4 Å². The Kier molecular flexibility index (Phi) is 18.5. The first-order chi connectivity index (χ1) is 12.2. The van der Waals surface area contributed by atoms with Gasteiger partial charge in [-0.25, -0.2) is 0 Å². The van der Waals surface area contributed by atoms with Crippen LogP contribution in [0.1, 0.15) is 110 Å². The fourth-order valence-electron chi connectivity index (χ4n) is 2.95. The standard InChI is InChI=1S/C21H41NO3/c1-3-4-5-6-7-8-9-10-11-12-13-14-15-16-19-22-20(23)17-18-21(24)25-2/h3-19H2,1-2H3,(H,22,23). The number of methoxy groups -OCH3 is 1. The summed E-state index contributed by atoms with van der Waals surface area (Å²) in [5.74, 6) is -0.383. The summed E-state index contributed by atoms with van der Waals surface area (Å²) in [6.07, 6.45) is 19.1. The van der Waals surface area contributed by atoms with Crippen molar-refractivity contribution >= 4 is 11.9 Å². The van der Waals surface area contributed by atoms with Crippen molar-refractivity contribution in [2.45, 2.75) is 110 Å². The lowest BCUT2D eigenvalue weighted by Crippen LogP contribution is -2.24. The van der Waals surface area contributed by atoms with Crippen LogP contribution in [0, 0.1) is 0 Å². The van der Waals surface area contributed by atoms with Gasteiger partial charge in [0, 0.05) is 13.0 Å². The van der Waals surface area contributed by atoms with Gasteiger partial charge in [0.25, 0.3) is 0 Å². The fraction of sp³-hybridized carbons (Fsp3) is 0.905. The number of rotatable bonds is 18. The number of hydrogen-bond acceptors (Lipinski definition) is 3. The minimum absolute atomic E-state index is 0.0555. The van der Waals surface area contributed by atoms with Gasteiger partial charge in [-0.15, -0.1) is 0 Å². The lowest BCUT2D eigenvalue weighted by Gasteiger charge is -2.05. The molecule has 4 nitrogen and oxygen atoms in total. The molecule has 0 radical (unpaired) electrons. The summed E-state index contributed by atoms with van der Waals surface area (Å²) in [5, 5.41) is 2.86. The zero-order chi connectivity index (χ0) is 18.6. The molecule has 0 bridgehead atoms. The zero-order valence-electron chi connectivity index (χ0n) is 16.7. The third-order valence-corrected chi connectivity index (χ3v) is 4.64. The summed E-state index contributed by atoms with van der Waals surface area (Å²) >= 11 is 0. The molecule has 0 aliphatic rings. The molecule has 0 aromatic carbocycles. The number of ether oxygens (including phenoxy) is 1. The van der Waals surface area contributed by atoms with Crippen molar-refractivity contribution in [3.8, 4) is 0 Å². The van der Waals surface area contributed by atoms with Gasteiger partial charge >= 0.3 is 5.97 Å². The second-order valence-corrected chi connectivity index (χ2v) is 7.02. The third-order valence-electron chi connectivity index (χ3n) is 4.64. The summed E-state index contributed by atoms with van der Waals surface area (Å²) in [5.41, 5.74) is 0. The molecule has 0 aliphatic heterocycles. The average molecular weight is 356 g/mol. The Hall–Kier alpha value is -1.06. The number of esters is 1. The third kappa shape index (κ3) is 19.1. The minimum Gasteiger partial charge on any atom is -0.469 e. The molecule has 1 N–H and O–H groups in total. The van der Waals surface area contributed by atoms with E-state index in [9.17, 15) is 9.59 Å². The number of amides is 1. The van der Waals surface area contributed by atoms with Crippen LogP contribution < -0.4 is 5.32 Å². The van der Waals surface area contributed by atoms with Crippen molar-refractivity contribution in [3.63, 3.8) is 0 Å². The molecule has 0 saturated carbocycles. The van der Waals surface area contributed by atoms with Crippen LogP contribution in [-0.2, 0) is 14.3 Å². The molecule has 0 heterocycles. The molecule has 0 fully saturated rings. The van der Waals surface area contributed by atoms with Crippen LogP contribution in [0.15, 0.2) is 0 Å². The molecular weight excluding hydrogens is 314 g/mol.